The molecular formula is C20H22N4O6S. The lowest BCUT2D eigenvalue weighted by Crippen LogP contribution is -2.32. The molecule has 0 aliphatic carbocycles. The van der Waals surface area contributed by atoms with Crippen molar-refractivity contribution in [3.8, 4) is 11.5 Å². The Hall–Kier alpha value is -3.18. The molecule has 0 atom stereocenters. The van der Waals surface area contributed by atoms with E-state index in [1.807, 2.05) is 0 Å². The van der Waals surface area contributed by atoms with E-state index in [9.17, 15) is 18.5 Å². The van der Waals surface area contributed by atoms with Crippen LogP contribution in [0.1, 0.15) is 31.2 Å². The highest BCUT2D eigenvalue weighted by Crippen LogP contribution is 2.32. The van der Waals surface area contributed by atoms with Gasteiger partial charge in [0, 0.05) is 25.2 Å². The zero-order chi connectivity index (χ0) is 21.8. The van der Waals surface area contributed by atoms with Crippen molar-refractivity contribution in [1.29, 1.82) is 0 Å². The highest BCUT2D eigenvalue weighted by Gasteiger charge is 2.29. The van der Waals surface area contributed by atoms with Gasteiger partial charge < -0.3 is 9.47 Å². The number of fused-ring (bicyclic) bond motifs is 1. The van der Waals surface area contributed by atoms with Crippen LogP contribution in [0, 0.1) is 10.1 Å². The summed E-state index contributed by atoms with van der Waals surface area (Å²) in [5, 5.41) is 15.4. The molecule has 2 heterocycles. The minimum Gasteiger partial charge on any atom is -0.454 e. The van der Waals surface area contributed by atoms with E-state index in [2.05, 4.69) is 10.5 Å². The van der Waals surface area contributed by atoms with Gasteiger partial charge in [-0.15, -0.1) is 0 Å². The van der Waals surface area contributed by atoms with Crippen LogP contribution in [-0.4, -0.2) is 43.7 Å². The number of hydrazone groups is 1. The lowest BCUT2D eigenvalue weighted by atomic mass is 10.2. The lowest BCUT2D eigenvalue weighted by molar-refractivity contribution is -0.385. The van der Waals surface area contributed by atoms with E-state index in [4.69, 9.17) is 9.47 Å². The second kappa shape index (κ2) is 8.90. The van der Waals surface area contributed by atoms with Crippen LogP contribution >= 0.6 is 0 Å². The van der Waals surface area contributed by atoms with E-state index in [1.165, 1.54) is 22.7 Å². The molecule has 2 aromatic carbocycles. The van der Waals surface area contributed by atoms with Gasteiger partial charge in [-0.25, -0.2) is 8.42 Å². The predicted molar refractivity (Wildman–Crippen MR) is 114 cm³/mol. The number of benzene rings is 2. The maximum absolute atomic E-state index is 13.3. The number of rotatable bonds is 6. The minimum absolute atomic E-state index is 0.161. The smallest absolute Gasteiger partial charge is 0.270 e. The van der Waals surface area contributed by atoms with E-state index in [-0.39, 0.29) is 23.1 Å². The number of non-ortho nitro benzene ring substituents is 1. The molecule has 2 aromatic rings. The van der Waals surface area contributed by atoms with Crippen molar-refractivity contribution >= 4 is 27.6 Å². The van der Waals surface area contributed by atoms with Crippen LogP contribution in [0.4, 0.5) is 11.4 Å². The molecule has 0 aromatic heterocycles. The zero-order valence-electron chi connectivity index (χ0n) is 16.7. The first-order valence-electron chi connectivity index (χ1n) is 9.92. The second-order valence-electron chi connectivity index (χ2n) is 7.24. The van der Waals surface area contributed by atoms with Crippen LogP contribution in [0.15, 0.2) is 46.4 Å². The molecule has 0 bridgehead atoms. The summed E-state index contributed by atoms with van der Waals surface area (Å²) in [5.74, 6) is 1.25. The molecule has 164 valence electrons. The maximum atomic E-state index is 13.3. The zero-order valence-corrected chi connectivity index (χ0v) is 17.5. The number of nitrogens with zero attached hydrogens (tertiary/aromatic N) is 3. The van der Waals surface area contributed by atoms with Gasteiger partial charge in [-0.3, -0.25) is 15.5 Å². The first-order valence-corrected chi connectivity index (χ1v) is 11.4. The molecule has 31 heavy (non-hydrogen) atoms. The number of hydrogen-bond acceptors (Lipinski definition) is 8. The van der Waals surface area contributed by atoms with Crippen LogP contribution in [0.5, 0.6) is 11.5 Å². The molecule has 1 saturated heterocycles. The van der Waals surface area contributed by atoms with Crippen LogP contribution in [0.3, 0.4) is 0 Å². The Morgan fingerprint density at radius 2 is 1.77 bits per heavy atom. The standard InChI is InChI=1S/C20H22N4O6S/c25-24(26)16-6-7-17(20(12-16)31(27,28)23-9-3-1-2-4-10-23)22-21-13-15-5-8-18-19(11-15)30-14-29-18/h5-8,11-13,22H,1-4,9-10,14H2. The minimum atomic E-state index is -3.92. The Labute approximate surface area is 179 Å². The van der Waals surface area contributed by atoms with Crippen LogP contribution in [0.2, 0.25) is 0 Å². The molecule has 0 radical (unpaired) electrons. The van der Waals surface area contributed by atoms with Gasteiger partial charge in [0.2, 0.25) is 16.8 Å². The number of nitrogens with one attached hydrogen (secondary N) is 1. The maximum Gasteiger partial charge on any atom is 0.270 e. The number of sulfonamides is 1. The first kappa shape index (κ1) is 21.1. The topological polar surface area (TPSA) is 123 Å². The Morgan fingerprint density at radius 3 is 2.52 bits per heavy atom. The largest absolute Gasteiger partial charge is 0.454 e. The SMILES string of the molecule is O=[N+]([O-])c1ccc(NN=Cc2ccc3c(c2)OCO3)c(S(=O)(=O)N2CCCCCC2)c1. The van der Waals surface area contributed by atoms with Crippen LogP contribution < -0.4 is 14.9 Å². The Kier molecular flexibility index (Phi) is 6.05. The van der Waals surface area contributed by atoms with E-state index < -0.39 is 14.9 Å². The van der Waals surface area contributed by atoms with Gasteiger partial charge in [0.15, 0.2) is 11.5 Å². The quantitative estimate of drug-likeness (QED) is 0.410. The van der Waals surface area contributed by atoms with E-state index in [0.717, 1.165) is 37.3 Å². The number of ether oxygens (including phenoxy) is 2. The fourth-order valence-corrected chi connectivity index (χ4v) is 5.20. The third-order valence-corrected chi connectivity index (χ3v) is 7.09. The average molecular weight is 446 g/mol. The van der Waals surface area contributed by atoms with E-state index in [0.29, 0.717) is 24.6 Å². The van der Waals surface area contributed by atoms with Gasteiger partial charge in [-0.05, 0) is 42.7 Å². The molecule has 2 aliphatic rings. The van der Waals surface area contributed by atoms with Gasteiger partial charge in [0.25, 0.3) is 5.69 Å². The highest BCUT2D eigenvalue weighted by atomic mass is 32.2. The summed E-state index contributed by atoms with van der Waals surface area (Å²) < 4.78 is 38.5. The molecule has 4 rings (SSSR count). The summed E-state index contributed by atoms with van der Waals surface area (Å²) in [7, 11) is -3.92. The normalized spacial score (nSPS) is 16.9. The first-order chi connectivity index (χ1) is 14.9. The van der Waals surface area contributed by atoms with Crippen molar-refractivity contribution in [2.24, 2.45) is 5.10 Å². The van der Waals surface area contributed by atoms with Crippen LogP contribution in [0.25, 0.3) is 0 Å². The number of hydrogen-bond donors (Lipinski definition) is 1. The van der Waals surface area contributed by atoms with Gasteiger partial charge in [-0.2, -0.15) is 9.41 Å². The summed E-state index contributed by atoms with van der Waals surface area (Å²) in [4.78, 5) is 10.5. The number of nitro groups is 1. The van der Waals surface area contributed by atoms with Gasteiger partial charge in [0.1, 0.15) is 4.90 Å². The van der Waals surface area contributed by atoms with Gasteiger partial charge in [-0.1, -0.05) is 12.8 Å². The molecule has 1 fully saturated rings. The summed E-state index contributed by atoms with van der Waals surface area (Å²) in [6.45, 7) is 0.949. The summed E-state index contributed by atoms with van der Waals surface area (Å²) in [6, 6.07) is 8.98. The Morgan fingerprint density at radius 1 is 1.03 bits per heavy atom. The molecule has 0 unspecified atom stereocenters. The molecule has 10 nitrogen and oxygen atoms in total. The van der Waals surface area contributed by atoms with E-state index >= 15 is 0 Å². The molecule has 0 saturated carbocycles. The molecule has 0 amide bonds. The molecule has 0 spiro atoms. The summed E-state index contributed by atoms with van der Waals surface area (Å²) >= 11 is 0. The molecular weight excluding hydrogens is 424 g/mol. The van der Waals surface area contributed by atoms with Crippen molar-refractivity contribution in [1.82, 2.24) is 4.31 Å². The fraction of sp³-hybridized carbons (Fsp3) is 0.350. The van der Waals surface area contributed by atoms with Crippen molar-refractivity contribution in [3.63, 3.8) is 0 Å². The number of anilines is 1. The Balaban J connectivity index is 1.61. The monoisotopic (exact) mass is 446 g/mol. The molecule has 11 heteroatoms. The van der Waals surface area contributed by atoms with Crippen molar-refractivity contribution < 1.29 is 22.8 Å². The van der Waals surface area contributed by atoms with Crippen molar-refractivity contribution in [3.05, 3.63) is 52.1 Å². The van der Waals surface area contributed by atoms with E-state index in [1.54, 1.807) is 18.2 Å². The van der Waals surface area contributed by atoms with Gasteiger partial charge in [0.05, 0.1) is 16.8 Å². The second-order valence-corrected chi connectivity index (χ2v) is 9.14. The predicted octanol–water partition coefficient (Wildman–Crippen LogP) is 3.33. The Bertz CT molecular complexity index is 1110. The van der Waals surface area contributed by atoms with Gasteiger partial charge >= 0.3 is 0 Å². The lowest BCUT2D eigenvalue weighted by Gasteiger charge is -2.21. The number of nitro benzene ring substituents is 1. The molecule has 1 N–H and O–H groups in total. The summed E-state index contributed by atoms with van der Waals surface area (Å²) in [6.07, 6.45) is 4.96. The highest BCUT2D eigenvalue weighted by molar-refractivity contribution is 7.89. The third kappa shape index (κ3) is 4.62. The fourth-order valence-electron chi connectivity index (χ4n) is 3.52. The van der Waals surface area contributed by atoms with Crippen molar-refractivity contribution in [2.75, 3.05) is 25.3 Å². The summed E-state index contributed by atoms with van der Waals surface area (Å²) in [5.41, 5.74) is 3.32. The van der Waals surface area contributed by atoms with Crippen LogP contribution in [-0.2, 0) is 10.0 Å². The average Bonchev–Trinajstić information content (AvgIpc) is 3.04. The third-order valence-electron chi connectivity index (χ3n) is 5.15. The molecule has 2 aliphatic heterocycles. The van der Waals surface area contributed by atoms with Crippen molar-refractivity contribution in [2.45, 2.75) is 30.6 Å².